The zero-order valence-corrected chi connectivity index (χ0v) is 19.6. The predicted molar refractivity (Wildman–Crippen MR) is 132 cm³/mol. The second-order valence-electron chi connectivity index (χ2n) is 7.55. The Hall–Kier alpha value is -3.37. The Bertz CT molecular complexity index is 1400. The molecule has 5 rings (SSSR count). The zero-order valence-electron chi connectivity index (χ0n) is 18.0. The largest absolute Gasteiger partial charge is 0.454 e. The monoisotopic (exact) mass is 480 g/mol. The molecular formula is C23H20N4O4S2. The van der Waals surface area contributed by atoms with E-state index in [1.54, 1.807) is 18.3 Å². The Labute approximate surface area is 199 Å². The van der Waals surface area contributed by atoms with Crippen molar-refractivity contribution in [3.63, 3.8) is 0 Å². The highest BCUT2D eigenvalue weighted by Crippen LogP contribution is 2.36. The SMILES string of the molecule is CCNc1nc2c(C)cccn2c(=O)c1C=C1SC(=S)N(Cc2ccc3c(c2)OCO3)C1=O. The van der Waals surface area contributed by atoms with Crippen LogP contribution in [0.3, 0.4) is 0 Å². The average Bonchev–Trinajstić information content (AvgIpc) is 3.37. The van der Waals surface area contributed by atoms with Crippen molar-refractivity contribution in [2.75, 3.05) is 18.7 Å². The van der Waals surface area contributed by atoms with Gasteiger partial charge in [0.2, 0.25) is 6.79 Å². The van der Waals surface area contributed by atoms with Crippen LogP contribution in [-0.4, -0.2) is 37.8 Å². The van der Waals surface area contributed by atoms with Crippen LogP contribution in [0.5, 0.6) is 11.5 Å². The first-order chi connectivity index (χ1) is 16.0. The van der Waals surface area contributed by atoms with Crippen molar-refractivity contribution >= 4 is 51.7 Å². The van der Waals surface area contributed by atoms with Crippen LogP contribution in [-0.2, 0) is 11.3 Å². The number of amides is 1. The first kappa shape index (κ1) is 21.5. The van der Waals surface area contributed by atoms with Crippen LogP contribution < -0.4 is 20.3 Å². The Kier molecular flexibility index (Phi) is 5.55. The Morgan fingerprint density at radius 3 is 2.88 bits per heavy atom. The van der Waals surface area contributed by atoms with Crippen molar-refractivity contribution in [1.29, 1.82) is 0 Å². The summed E-state index contributed by atoms with van der Waals surface area (Å²) in [6.45, 7) is 4.90. The molecule has 0 bridgehead atoms. The van der Waals surface area contributed by atoms with E-state index in [-0.39, 0.29) is 18.3 Å². The third-order valence-electron chi connectivity index (χ3n) is 5.36. The number of thioether (sulfide) groups is 1. The van der Waals surface area contributed by atoms with Crippen molar-refractivity contribution in [3.05, 3.63) is 68.5 Å². The van der Waals surface area contributed by atoms with E-state index < -0.39 is 0 Å². The van der Waals surface area contributed by atoms with Gasteiger partial charge in [-0.2, -0.15) is 0 Å². The highest BCUT2D eigenvalue weighted by molar-refractivity contribution is 8.26. The number of thiocarbonyl (C=S) groups is 1. The highest BCUT2D eigenvalue weighted by Gasteiger charge is 2.33. The van der Waals surface area contributed by atoms with Gasteiger partial charge in [0.05, 0.1) is 17.0 Å². The van der Waals surface area contributed by atoms with Gasteiger partial charge in [-0.1, -0.05) is 36.1 Å². The highest BCUT2D eigenvalue weighted by atomic mass is 32.2. The minimum Gasteiger partial charge on any atom is -0.454 e. The molecule has 8 nitrogen and oxygen atoms in total. The minimum absolute atomic E-state index is 0.186. The van der Waals surface area contributed by atoms with Crippen molar-refractivity contribution in [2.45, 2.75) is 20.4 Å². The number of hydrogen-bond acceptors (Lipinski definition) is 8. The quantitative estimate of drug-likeness (QED) is 0.438. The lowest BCUT2D eigenvalue weighted by Gasteiger charge is -2.14. The molecule has 2 aliphatic heterocycles. The number of pyridine rings is 1. The lowest BCUT2D eigenvalue weighted by Crippen LogP contribution is -2.27. The second-order valence-corrected chi connectivity index (χ2v) is 9.23. The Balaban J connectivity index is 1.50. The van der Waals surface area contributed by atoms with Crippen LogP contribution >= 0.6 is 24.0 Å². The van der Waals surface area contributed by atoms with E-state index in [4.69, 9.17) is 21.7 Å². The number of benzene rings is 1. The summed E-state index contributed by atoms with van der Waals surface area (Å²) >= 11 is 6.65. The van der Waals surface area contributed by atoms with Gasteiger partial charge < -0.3 is 14.8 Å². The van der Waals surface area contributed by atoms with Crippen LogP contribution in [0.15, 0.2) is 46.2 Å². The number of ether oxygens (including phenoxy) is 2. The summed E-state index contributed by atoms with van der Waals surface area (Å²) in [5.74, 6) is 1.52. The zero-order chi connectivity index (χ0) is 23.1. The second kappa shape index (κ2) is 8.53. The van der Waals surface area contributed by atoms with Crippen molar-refractivity contribution < 1.29 is 14.3 Å². The standard InChI is InChI=1S/C23H20N4O4S2/c1-3-24-19-15(21(28)26-8-4-5-13(2)20(26)25-19)10-18-22(29)27(23(32)33-18)11-14-6-7-16-17(9-14)31-12-30-16/h4-10,24H,3,11-12H2,1-2H3. The fourth-order valence-electron chi connectivity index (χ4n) is 3.73. The molecule has 2 aromatic heterocycles. The number of nitrogens with one attached hydrogen (secondary N) is 1. The van der Waals surface area contributed by atoms with Gasteiger partial charge in [0.15, 0.2) is 11.5 Å². The van der Waals surface area contributed by atoms with E-state index in [2.05, 4.69) is 10.3 Å². The topological polar surface area (TPSA) is 85.2 Å². The normalized spacial score (nSPS) is 16.3. The molecule has 0 radical (unpaired) electrons. The number of anilines is 1. The number of fused-ring (bicyclic) bond motifs is 2. The van der Waals surface area contributed by atoms with Gasteiger partial charge in [0.25, 0.3) is 11.5 Å². The number of aromatic nitrogens is 2. The Morgan fingerprint density at radius 2 is 2.06 bits per heavy atom. The third kappa shape index (κ3) is 3.85. The number of rotatable bonds is 5. The summed E-state index contributed by atoms with van der Waals surface area (Å²) in [5, 5.41) is 3.15. The molecule has 33 heavy (non-hydrogen) atoms. The van der Waals surface area contributed by atoms with Crippen molar-refractivity contribution in [1.82, 2.24) is 14.3 Å². The summed E-state index contributed by atoms with van der Waals surface area (Å²) in [5.41, 5.74) is 2.40. The number of nitrogens with zero attached hydrogens (tertiary/aromatic N) is 3. The molecule has 1 aromatic carbocycles. The molecule has 1 fully saturated rings. The fourth-order valence-corrected chi connectivity index (χ4v) is 4.97. The molecule has 0 unspecified atom stereocenters. The molecular weight excluding hydrogens is 460 g/mol. The molecule has 2 aliphatic rings. The van der Waals surface area contributed by atoms with E-state index in [0.717, 1.165) is 11.1 Å². The smallest absolute Gasteiger partial charge is 0.267 e. The summed E-state index contributed by atoms with van der Waals surface area (Å²) < 4.78 is 12.7. The first-order valence-corrected chi connectivity index (χ1v) is 11.6. The molecule has 1 N–H and O–H groups in total. The average molecular weight is 481 g/mol. The van der Waals surface area contributed by atoms with Crippen molar-refractivity contribution in [2.24, 2.45) is 0 Å². The van der Waals surface area contributed by atoms with Gasteiger partial charge in [-0.15, -0.1) is 0 Å². The van der Waals surface area contributed by atoms with E-state index in [1.165, 1.54) is 21.1 Å². The summed E-state index contributed by atoms with van der Waals surface area (Å²) in [6, 6.07) is 9.24. The molecule has 1 amide bonds. The predicted octanol–water partition coefficient (Wildman–Crippen LogP) is 3.56. The van der Waals surface area contributed by atoms with Gasteiger partial charge in [0.1, 0.15) is 15.8 Å². The molecule has 3 aromatic rings. The lowest BCUT2D eigenvalue weighted by molar-refractivity contribution is -0.122. The number of carbonyl (C=O) groups excluding carboxylic acids is 1. The van der Waals surface area contributed by atoms with Crippen LogP contribution in [0, 0.1) is 6.92 Å². The van der Waals surface area contributed by atoms with Gasteiger partial charge in [0, 0.05) is 12.7 Å². The number of carbonyl (C=O) groups is 1. The van der Waals surface area contributed by atoms with Crippen LogP contribution in [0.25, 0.3) is 11.7 Å². The fraction of sp³-hybridized carbons (Fsp3) is 0.217. The maximum atomic E-state index is 13.3. The van der Waals surface area contributed by atoms with Gasteiger partial charge in [-0.25, -0.2) is 4.98 Å². The van der Waals surface area contributed by atoms with Gasteiger partial charge in [-0.3, -0.25) is 18.9 Å². The van der Waals surface area contributed by atoms with Crippen molar-refractivity contribution in [3.8, 4) is 11.5 Å². The maximum Gasteiger partial charge on any atom is 0.267 e. The summed E-state index contributed by atoms with van der Waals surface area (Å²) in [6.07, 6.45) is 3.26. The molecule has 0 atom stereocenters. The molecule has 0 aliphatic carbocycles. The van der Waals surface area contributed by atoms with E-state index in [1.807, 2.05) is 38.1 Å². The van der Waals surface area contributed by atoms with Crippen LogP contribution in [0.4, 0.5) is 5.82 Å². The summed E-state index contributed by atoms with van der Waals surface area (Å²) in [7, 11) is 0. The molecule has 10 heteroatoms. The molecule has 0 saturated carbocycles. The van der Waals surface area contributed by atoms with Gasteiger partial charge >= 0.3 is 0 Å². The molecule has 4 heterocycles. The Morgan fingerprint density at radius 1 is 1.24 bits per heavy atom. The van der Waals surface area contributed by atoms with Gasteiger partial charge in [-0.05, 0) is 49.2 Å². The first-order valence-electron chi connectivity index (χ1n) is 10.4. The lowest BCUT2D eigenvalue weighted by atomic mass is 10.2. The molecule has 1 saturated heterocycles. The van der Waals surface area contributed by atoms with E-state index in [9.17, 15) is 9.59 Å². The van der Waals surface area contributed by atoms with Crippen LogP contribution in [0.1, 0.15) is 23.6 Å². The van der Waals surface area contributed by atoms with E-state index in [0.29, 0.717) is 50.8 Å². The number of hydrogen-bond donors (Lipinski definition) is 1. The number of aryl methyl sites for hydroxylation is 1. The third-order valence-corrected chi connectivity index (χ3v) is 6.73. The summed E-state index contributed by atoms with van der Waals surface area (Å²) in [4.78, 5) is 33.0. The maximum absolute atomic E-state index is 13.3. The van der Waals surface area contributed by atoms with E-state index >= 15 is 0 Å². The minimum atomic E-state index is -0.251. The van der Waals surface area contributed by atoms with Crippen LogP contribution in [0.2, 0.25) is 0 Å². The molecule has 0 spiro atoms. The molecule has 168 valence electrons.